The number of hydrogen-bond donors (Lipinski definition) is 1. The Balaban J connectivity index is 2.85. The van der Waals surface area contributed by atoms with Crippen LogP contribution in [0.2, 0.25) is 0 Å². The number of carbonyl (C=O) groups excluding carboxylic acids is 1. The highest BCUT2D eigenvalue weighted by Crippen LogP contribution is 2.10. The predicted octanol–water partition coefficient (Wildman–Crippen LogP) is 1.05. The molecule has 0 saturated heterocycles. The summed E-state index contributed by atoms with van der Waals surface area (Å²) in [5.41, 5.74) is 0.767. The highest BCUT2D eigenvalue weighted by atomic mass is 32.1. The summed E-state index contributed by atoms with van der Waals surface area (Å²) in [4.78, 5) is 15.3. The number of hydrogen-bond acceptors (Lipinski definition) is 2. The highest BCUT2D eigenvalue weighted by molar-refractivity contribution is 7.80. The van der Waals surface area contributed by atoms with Gasteiger partial charge in [-0.1, -0.05) is 6.08 Å². The molecule has 12 heavy (non-hydrogen) atoms. The molecule has 1 unspecified atom stereocenters. The van der Waals surface area contributed by atoms with E-state index in [4.69, 9.17) is 12.2 Å². The smallest absolute Gasteiger partial charge is 0.235 e. The number of nitrogens with one attached hydrogen (secondary N) is 1. The summed E-state index contributed by atoms with van der Waals surface area (Å²) in [5.74, 6) is -0.262. The summed E-state index contributed by atoms with van der Waals surface area (Å²) in [6, 6.07) is 0. The minimum absolute atomic E-state index is 0.0765. The van der Waals surface area contributed by atoms with Crippen molar-refractivity contribution in [2.24, 2.45) is 10.9 Å². The number of nitrogens with zero attached hydrogens (tertiary/aromatic N) is 1. The zero-order chi connectivity index (χ0) is 9.14. The van der Waals surface area contributed by atoms with E-state index < -0.39 is 0 Å². The average molecular weight is 182 g/mol. The fourth-order valence-corrected chi connectivity index (χ4v) is 1.34. The lowest BCUT2D eigenvalue weighted by atomic mass is 9.98. The Morgan fingerprint density at radius 2 is 2.50 bits per heavy atom. The van der Waals surface area contributed by atoms with E-state index in [2.05, 4.69) is 16.9 Å². The number of amides is 1. The SMILES string of the molecule is C=CCC1C(=O)NC(=S)N=C1C. The molecule has 0 aliphatic carbocycles. The van der Waals surface area contributed by atoms with Gasteiger partial charge >= 0.3 is 0 Å². The van der Waals surface area contributed by atoms with Gasteiger partial charge in [0.1, 0.15) is 0 Å². The van der Waals surface area contributed by atoms with Crippen molar-refractivity contribution in [3.05, 3.63) is 12.7 Å². The molecule has 0 radical (unpaired) electrons. The van der Waals surface area contributed by atoms with E-state index in [1.165, 1.54) is 0 Å². The summed E-state index contributed by atoms with van der Waals surface area (Å²) in [6.07, 6.45) is 2.32. The van der Waals surface area contributed by atoms with E-state index in [-0.39, 0.29) is 16.9 Å². The van der Waals surface area contributed by atoms with Gasteiger partial charge in [0.15, 0.2) is 5.11 Å². The third-order valence-electron chi connectivity index (χ3n) is 1.73. The van der Waals surface area contributed by atoms with Crippen LogP contribution >= 0.6 is 12.2 Å². The zero-order valence-electron chi connectivity index (χ0n) is 6.83. The Morgan fingerprint density at radius 1 is 1.83 bits per heavy atom. The zero-order valence-corrected chi connectivity index (χ0v) is 7.65. The molecule has 0 saturated carbocycles. The largest absolute Gasteiger partial charge is 0.301 e. The lowest BCUT2D eigenvalue weighted by molar-refractivity contribution is -0.121. The van der Waals surface area contributed by atoms with Crippen LogP contribution in [-0.2, 0) is 4.79 Å². The molecule has 1 atom stereocenters. The lowest BCUT2D eigenvalue weighted by Crippen LogP contribution is -2.41. The first-order valence-corrected chi connectivity index (χ1v) is 4.07. The van der Waals surface area contributed by atoms with Crippen LogP contribution in [0.4, 0.5) is 0 Å². The van der Waals surface area contributed by atoms with Gasteiger partial charge in [0.05, 0.1) is 5.92 Å². The molecule has 1 heterocycles. The maximum atomic E-state index is 11.3. The Kier molecular flexibility index (Phi) is 2.70. The van der Waals surface area contributed by atoms with E-state index in [0.29, 0.717) is 6.42 Å². The predicted molar refractivity (Wildman–Crippen MR) is 52.2 cm³/mol. The van der Waals surface area contributed by atoms with Gasteiger partial charge in [-0.25, -0.2) is 4.99 Å². The summed E-state index contributed by atoms with van der Waals surface area (Å²) in [5, 5.41) is 2.76. The van der Waals surface area contributed by atoms with Crippen LogP contribution in [0.5, 0.6) is 0 Å². The quantitative estimate of drug-likeness (QED) is 0.512. The number of carbonyl (C=O) groups is 1. The van der Waals surface area contributed by atoms with Crippen molar-refractivity contribution >= 4 is 28.9 Å². The molecule has 1 rings (SSSR count). The maximum Gasteiger partial charge on any atom is 0.235 e. The van der Waals surface area contributed by atoms with Crippen molar-refractivity contribution in [2.75, 3.05) is 0 Å². The van der Waals surface area contributed by atoms with Gasteiger partial charge in [0, 0.05) is 5.71 Å². The normalized spacial score (nSPS) is 23.1. The van der Waals surface area contributed by atoms with Crippen LogP contribution in [0.3, 0.4) is 0 Å². The van der Waals surface area contributed by atoms with Crippen LogP contribution in [0, 0.1) is 5.92 Å². The number of thiocarbonyl (C=S) groups is 1. The maximum absolute atomic E-state index is 11.3. The second-order valence-corrected chi connectivity index (χ2v) is 3.01. The average Bonchev–Trinajstić information content (AvgIpc) is 1.96. The van der Waals surface area contributed by atoms with E-state index in [0.717, 1.165) is 5.71 Å². The van der Waals surface area contributed by atoms with Crippen LogP contribution in [0.15, 0.2) is 17.6 Å². The molecular weight excluding hydrogens is 172 g/mol. The van der Waals surface area contributed by atoms with Gasteiger partial charge in [0.2, 0.25) is 5.91 Å². The molecular formula is C8H10N2OS. The minimum atomic E-state index is -0.186. The second-order valence-electron chi connectivity index (χ2n) is 2.62. The van der Waals surface area contributed by atoms with Gasteiger partial charge in [-0.15, -0.1) is 6.58 Å². The van der Waals surface area contributed by atoms with Crippen LogP contribution in [0.25, 0.3) is 0 Å². The van der Waals surface area contributed by atoms with Crippen LogP contribution in [-0.4, -0.2) is 16.7 Å². The molecule has 0 aromatic carbocycles. The monoisotopic (exact) mass is 182 g/mol. The van der Waals surface area contributed by atoms with E-state index in [1.54, 1.807) is 13.0 Å². The first-order chi connectivity index (χ1) is 5.65. The molecule has 0 aromatic heterocycles. The highest BCUT2D eigenvalue weighted by Gasteiger charge is 2.24. The molecule has 0 bridgehead atoms. The molecule has 1 N–H and O–H groups in total. The molecule has 1 aliphatic heterocycles. The minimum Gasteiger partial charge on any atom is -0.301 e. The molecule has 4 heteroatoms. The molecule has 64 valence electrons. The Hall–Kier alpha value is -1.03. The fraction of sp³-hybridized carbons (Fsp3) is 0.375. The molecule has 3 nitrogen and oxygen atoms in total. The van der Waals surface area contributed by atoms with Gasteiger partial charge < -0.3 is 5.32 Å². The van der Waals surface area contributed by atoms with Crippen molar-refractivity contribution in [1.82, 2.24) is 5.32 Å². The molecule has 0 aromatic rings. The lowest BCUT2D eigenvalue weighted by Gasteiger charge is -2.19. The third-order valence-corrected chi connectivity index (χ3v) is 1.92. The number of allylic oxidation sites excluding steroid dienone is 1. The first-order valence-electron chi connectivity index (χ1n) is 3.66. The Bertz CT molecular complexity index is 270. The molecule has 1 aliphatic rings. The van der Waals surface area contributed by atoms with Crippen LogP contribution in [0.1, 0.15) is 13.3 Å². The molecule has 1 amide bonds. The number of rotatable bonds is 2. The first kappa shape index (κ1) is 9.06. The number of aliphatic imine (C=N–C) groups is 1. The molecule has 0 spiro atoms. The van der Waals surface area contributed by atoms with Crippen molar-refractivity contribution in [1.29, 1.82) is 0 Å². The van der Waals surface area contributed by atoms with Crippen molar-refractivity contribution in [3.63, 3.8) is 0 Å². The van der Waals surface area contributed by atoms with Crippen molar-refractivity contribution in [2.45, 2.75) is 13.3 Å². The van der Waals surface area contributed by atoms with Gasteiger partial charge in [-0.05, 0) is 25.6 Å². The fourth-order valence-electron chi connectivity index (χ4n) is 1.09. The Labute approximate surface area is 76.6 Å². The Morgan fingerprint density at radius 3 is 3.00 bits per heavy atom. The topological polar surface area (TPSA) is 41.5 Å². The second kappa shape index (κ2) is 3.58. The van der Waals surface area contributed by atoms with Gasteiger partial charge in [-0.3, -0.25) is 4.79 Å². The van der Waals surface area contributed by atoms with Gasteiger partial charge in [0.25, 0.3) is 0 Å². The van der Waals surface area contributed by atoms with Crippen molar-refractivity contribution < 1.29 is 4.79 Å². The summed E-state index contributed by atoms with van der Waals surface area (Å²) in [6.45, 7) is 5.38. The standard InChI is InChI=1S/C8H10N2OS/c1-3-4-6-5(2)9-8(12)10-7(6)11/h3,6H,1,4H2,2H3,(H,10,11,12). The van der Waals surface area contributed by atoms with Gasteiger partial charge in [-0.2, -0.15) is 0 Å². The summed E-state index contributed by atoms with van der Waals surface area (Å²) in [7, 11) is 0. The van der Waals surface area contributed by atoms with E-state index >= 15 is 0 Å². The van der Waals surface area contributed by atoms with E-state index in [1.807, 2.05) is 0 Å². The van der Waals surface area contributed by atoms with Crippen molar-refractivity contribution in [3.8, 4) is 0 Å². The van der Waals surface area contributed by atoms with Crippen LogP contribution < -0.4 is 5.32 Å². The third kappa shape index (κ3) is 1.76. The van der Waals surface area contributed by atoms with E-state index in [9.17, 15) is 4.79 Å². The molecule has 0 fully saturated rings. The summed E-state index contributed by atoms with van der Waals surface area (Å²) < 4.78 is 0. The summed E-state index contributed by atoms with van der Waals surface area (Å²) >= 11 is 4.75.